The maximum absolute atomic E-state index is 11.4. The molecule has 7 heteroatoms. The predicted octanol–water partition coefficient (Wildman–Crippen LogP) is -0.161. The van der Waals surface area contributed by atoms with E-state index in [1.165, 1.54) is 10.7 Å². The monoisotopic (exact) mass is 262 g/mol. The Hall–Kier alpha value is -1.89. The molecule has 1 fully saturated rings. The molecule has 102 valence electrons. The van der Waals surface area contributed by atoms with Crippen LogP contribution in [0.1, 0.15) is 13.3 Å². The van der Waals surface area contributed by atoms with Gasteiger partial charge in [0.1, 0.15) is 12.1 Å². The molecule has 1 aliphatic heterocycles. The van der Waals surface area contributed by atoms with Gasteiger partial charge in [-0.15, -0.1) is 0 Å². The van der Waals surface area contributed by atoms with Crippen LogP contribution in [0.2, 0.25) is 0 Å². The van der Waals surface area contributed by atoms with Crippen LogP contribution in [-0.4, -0.2) is 39.2 Å². The molecular weight excluding hydrogens is 244 g/mol. The minimum atomic E-state index is -0.263. The molecule has 0 radical (unpaired) electrons. The first-order chi connectivity index (χ1) is 9.19. The van der Waals surface area contributed by atoms with Gasteiger partial charge in [0.25, 0.3) is 0 Å². The van der Waals surface area contributed by atoms with Gasteiger partial charge < -0.3 is 10.6 Å². The molecule has 3 rings (SSSR count). The SMILES string of the molecule is CC1CCN(c2cc3n[nH]c(=O)n3cn2)CC1CN. The van der Waals surface area contributed by atoms with Crippen molar-refractivity contribution in [1.29, 1.82) is 0 Å². The summed E-state index contributed by atoms with van der Waals surface area (Å²) in [6.45, 7) is 4.82. The number of anilines is 1. The Morgan fingerprint density at radius 2 is 2.42 bits per heavy atom. The van der Waals surface area contributed by atoms with E-state index < -0.39 is 0 Å². The Balaban J connectivity index is 1.89. The number of fused-ring (bicyclic) bond motifs is 1. The second-order valence-corrected chi connectivity index (χ2v) is 5.21. The number of rotatable bonds is 2. The van der Waals surface area contributed by atoms with Crippen LogP contribution in [0.4, 0.5) is 5.82 Å². The van der Waals surface area contributed by atoms with Gasteiger partial charge in [-0.1, -0.05) is 6.92 Å². The fourth-order valence-electron chi connectivity index (χ4n) is 2.64. The summed E-state index contributed by atoms with van der Waals surface area (Å²) >= 11 is 0. The topological polar surface area (TPSA) is 92.3 Å². The molecule has 3 heterocycles. The summed E-state index contributed by atoms with van der Waals surface area (Å²) in [6, 6.07) is 1.83. The highest BCUT2D eigenvalue weighted by Gasteiger charge is 2.26. The van der Waals surface area contributed by atoms with Crippen LogP contribution in [0.15, 0.2) is 17.2 Å². The van der Waals surface area contributed by atoms with E-state index in [9.17, 15) is 4.79 Å². The van der Waals surface area contributed by atoms with Crippen molar-refractivity contribution >= 4 is 11.5 Å². The lowest BCUT2D eigenvalue weighted by atomic mass is 9.87. The predicted molar refractivity (Wildman–Crippen MR) is 72.1 cm³/mol. The molecule has 2 aromatic heterocycles. The first-order valence-corrected chi connectivity index (χ1v) is 6.57. The summed E-state index contributed by atoms with van der Waals surface area (Å²) in [6.07, 6.45) is 2.63. The zero-order chi connectivity index (χ0) is 13.4. The molecular formula is C12H18N6O. The Morgan fingerprint density at radius 3 is 3.21 bits per heavy atom. The van der Waals surface area contributed by atoms with Crippen LogP contribution in [0.25, 0.3) is 5.65 Å². The van der Waals surface area contributed by atoms with E-state index in [0.717, 1.165) is 25.3 Å². The average Bonchev–Trinajstić information content (AvgIpc) is 2.80. The zero-order valence-electron chi connectivity index (χ0n) is 10.9. The van der Waals surface area contributed by atoms with Gasteiger partial charge in [0.2, 0.25) is 0 Å². The molecule has 2 aromatic rings. The lowest BCUT2D eigenvalue weighted by Crippen LogP contribution is -2.43. The van der Waals surface area contributed by atoms with E-state index in [1.807, 2.05) is 6.07 Å². The van der Waals surface area contributed by atoms with Crippen LogP contribution in [-0.2, 0) is 0 Å². The summed E-state index contributed by atoms with van der Waals surface area (Å²) in [5, 5.41) is 6.37. The lowest BCUT2D eigenvalue weighted by Gasteiger charge is -2.37. The molecule has 2 unspecified atom stereocenters. The van der Waals surface area contributed by atoms with E-state index in [4.69, 9.17) is 5.73 Å². The van der Waals surface area contributed by atoms with Gasteiger partial charge in [-0.25, -0.2) is 19.3 Å². The van der Waals surface area contributed by atoms with Crippen molar-refractivity contribution in [3.63, 3.8) is 0 Å². The number of hydrogen-bond acceptors (Lipinski definition) is 5. The number of H-pyrrole nitrogens is 1. The molecule has 0 saturated carbocycles. The van der Waals surface area contributed by atoms with Gasteiger partial charge in [-0.05, 0) is 24.8 Å². The number of nitrogens with one attached hydrogen (secondary N) is 1. The quantitative estimate of drug-likeness (QED) is 0.784. The van der Waals surface area contributed by atoms with E-state index in [2.05, 4.69) is 27.0 Å². The number of nitrogens with two attached hydrogens (primary N) is 1. The summed E-state index contributed by atoms with van der Waals surface area (Å²) < 4.78 is 1.40. The number of nitrogens with zero attached hydrogens (tertiary/aromatic N) is 4. The van der Waals surface area contributed by atoms with Crippen molar-refractivity contribution in [3.05, 3.63) is 22.9 Å². The first kappa shape index (κ1) is 12.2. The van der Waals surface area contributed by atoms with Gasteiger partial charge in [-0.2, -0.15) is 5.10 Å². The van der Waals surface area contributed by atoms with E-state index >= 15 is 0 Å². The number of aromatic amines is 1. The molecule has 0 aromatic carbocycles. The minimum absolute atomic E-state index is 0.263. The largest absolute Gasteiger partial charge is 0.356 e. The highest BCUT2D eigenvalue weighted by Crippen LogP contribution is 2.25. The number of hydrogen-bond donors (Lipinski definition) is 2. The summed E-state index contributed by atoms with van der Waals surface area (Å²) in [5.41, 5.74) is 6.15. The summed E-state index contributed by atoms with van der Waals surface area (Å²) in [5.74, 6) is 2.00. The Labute approximate surface area is 110 Å². The minimum Gasteiger partial charge on any atom is -0.356 e. The Bertz CT molecular complexity index is 632. The smallest absolute Gasteiger partial charge is 0.348 e. The third-order valence-electron chi connectivity index (χ3n) is 4.04. The van der Waals surface area contributed by atoms with Crippen molar-refractivity contribution in [2.75, 3.05) is 24.5 Å². The van der Waals surface area contributed by atoms with E-state index in [1.54, 1.807) is 0 Å². The van der Waals surface area contributed by atoms with Gasteiger partial charge in [0.05, 0.1) is 0 Å². The van der Waals surface area contributed by atoms with Crippen LogP contribution in [0.5, 0.6) is 0 Å². The summed E-state index contributed by atoms with van der Waals surface area (Å²) in [7, 11) is 0. The maximum atomic E-state index is 11.4. The molecule has 0 spiro atoms. The Kier molecular flexibility index (Phi) is 2.98. The molecule has 3 N–H and O–H groups in total. The third kappa shape index (κ3) is 2.10. The molecule has 2 atom stereocenters. The third-order valence-corrected chi connectivity index (χ3v) is 4.04. The molecule has 19 heavy (non-hydrogen) atoms. The van der Waals surface area contributed by atoms with E-state index in [-0.39, 0.29) is 5.69 Å². The van der Waals surface area contributed by atoms with Gasteiger partial charge in [0.15, 0.2) is 5.65 Å². The maximum Gasteiger partial charge on any atom is 0.348 e. The second-order valence-electron chi connectivity index (χ2n) is 5.21. The average molecular weight is 262 g/mol. The Morgan fingerprint density at radius 1 is 1.58 bits per heavy atom. The first-order valence-electron chi connectivity index (χ1n) is 6.57. The highest BCUT2D eigenvalue weighted by atomic mass is 16.1. The van der Waals surface area contributed by atoms with Crippen LogP contribution in [0.3, 0.4) is 0 Å². The van der Waals surface area contributed by atoms with Crippen molar-refractivity contribution in [1.82, 2.24) is 19.6 Å². The van der Waals surface area contributed by atoms with Crippen LogP contribution < -0.4 is 16.3 Å². The normalized spacial score (nSPS) is 24.0. The molecule has 0 bridgehead atoms. The standard InChI is InChI=1S/C12H18N6O/c1-8-2-3-17(6-9(8)5-13)10-4-11-15-16-12(19)18(11)7-14-10/h4,7-9H,2-3,5-6,13H2,1H3,(H,16,19). The summed E-state index contributed by atoms with van der Waals surface area (Å²) in [4.78, 5) is 17.9. The molecule has 7 nitrogen and oxygen atoms in total. The highest BCUT2D eigenvalue weighted by molar-refractivity contribution is 5.50. The van der Waals surface area contributed by atoms with E-state index in [0.29, 0.717) is 24.0 Å². The van der Waals surface area contributed by atoms with Gasteiger partial charge in [0, 0.05) is 19.2 Å². The molecule has 0 amide bonds. The molecule has 1 aliphatic rings. The zero-order valence-corrected chi connectivity index (χ0v) is 10.9. The molecule has 0 aliphatic carbocycles. The fraction of sp³-hybridized carbons (Fsp3) is 0.583. The van der Waals surface area contributed by atoms with Crippen LogP contribution in [0, 0.1) is 11.8 Å². The van der Waals surface area contributed by atoms with Crippen molar-refractivity contribution < 1.29 is 0 Å². The van der Waals surface area contributed by atoms with Crippen molar-refractivity contribution in [2.45, 2.75) is 13.3 Å². The number of aromatic nitrogens is 4. The number of piperidine rings is 1. The van der Waals surface area contributed by atoms with Crippen molar-refractivity contribution in [2.24, 2.45) is 17.6 Å². The van der Waals surface area contributed by atoms with Gasteiger partial charge in [-0.3, -0.25) is 0 Å². The fourth-order valence-corrected chi connectivity index (χ4v) is 2.64. The van der Waals surface area contributed by atoms with Crippen LogP contribution >= 0.6 is 0 Å². The molecule has 1 saturated heterocycles. The van der Waals surface area contributed by atoms with Crippen molar-refractivity contribution in [3.8, 4) is 0 Å². The lowest BCUT2D eigenvalue weighted by molar-refractivity contribution is 0.307. The second kappa shape index (κ2) is 4.65. The van der Waals surface area contributed by atoms with Gasteiger partial charge >= 0.3 is 5.69 Å².